The summed E-state index contributed by atoms with van der Waals surface area (Å²) in [6.45, 7) is 3.69. The van der Waals surface area contributed by atoms with Crippen LogP contribution in [-0.4, -0.2) is 64.5 Å². The SMILES string of the molecule is CNC(=O)c1ccc(N2CCN(Cc3cn4nc(F)c5c4c(c3F)NC(=O)[C@@H]5C)CC2)c(F)n1. The first kappa shape index (κ1) is 22.1. The molecule has 5 rings (SSSR count). The zero-order valence-corrected chi connectivity index (χ0v) is 18.5. The topological polar surface area (TPSA) is 94.9 Å². The lowest BCUT2D eigenvalue weighted by Crippen LogP contribution is -2.46. The molecule has 0 spiro atoms. The first-order valence-corrected chi connectivity index (χ1v) is 10.8. The van der Waals surface area contributed by atoms with Crippen LogP contribution >= 0.6 is 0 Å². The molecule has 3 aromatic heterocycles. The van der Waals surface area contributed by atoms with E-state index in [1.807, 2.05) is 9.80 Å². The van der Waals surface area contributed by atoms with Gasteiger partial charge in [-0.2, -0.15) is 8.78 Å². The number of halogens is 3. The molecule has 2 N–H and O–H groups in total. The van der Waals surface area contributed by atoms with Crippen molar-refractivity contribution in [1.82, 2.24) is 24.8 Å². The van der Waals surface area contributed by atoms with Crippen molar-refractivity contribution >= 4 is 28.7 Å². The summed E-state index contributed by atoms with van der Waals surface area (Å²) in [5.41, 5.74) is 0.824. The van der Waals surface area contributed by atoms with Gasteiger partial charge in [0.1, 0.15) is 11.4 Å². The fraction of sp³-hybridized carbons (Fsp3) is 0.364. The molecular formula is C22H22F3N7O2. The summed E-state index contributed by atoms with van der Waals surface area (Å²) in [6, 6.07) is 2.99. The summed E-state index contributed by atoms with van der Waals surface area (Å²) >= 11 is 0. The Bertz CT molecular complexity index is 1320. The Morgan fingerprint density at radius 2 is 1.91 bits per heavy atom. The molecule has 1 fully saturated rings. The van der Waals surface area contributed by atoms with Crippen molar-refractivity contribution in [2.24, 2.45) is 0 Å². The van der Waals surface area contributed by atoms with Crippen LogP contribution in [0, 0.1) is 17.7 Å². The molecule has 0 unspecified atom stereocenters. The molecule has 0 bridgehead atoms. The van der Waals surface area contributed by atoms with Crippen LogP contribution in [0.2, 0.25) is 0 Å². The molecule has 0 aromatic carbocycles. The quantitative estimate of drug-likeness (QED) is 0.562. The van der Waals surface area contributed by atoms with Crippen molar-refractivity contribution in [3.8, 4) is 0 Å². The lowest BCUT2D eigenvalue weighted by molar-refractivity contribution is -0.117. The van der Waals surface area contributed by atoms with E-state index in [-0.39, 0.29) is 34.6 Å². The van der Waals surface area contributed by atoms with Gasteiger partial charge in [-0.1, -0.05) is 0 Å². The summed E-state index contributed by atoms with van der Waals surface area (Å²) in [5, 5.41) is 8.78. The number of carbonyl (C=O) groups is 2. The highest BCUT2D eigenvalue weighted by molar-refractivity contribution is 6.05. The van der Waals surface area contributed by atoms with Crippen LogP contribution in [0.1, 0.15) is 34.5 Å². The number of anilines is 2. The highest BCUT2D eigenvalue weighted by atomic mass is 19.1. The van der Waals surface area contributed by atoms with Crippen molar-refractivity contribution in [2.45, 2.75) is 19.4 Å². The van der Waals surface area contributed by atoms with E-state index in [1.54, 1.807) is 6.92 Å². The monoisotopic (exact) mass is 473 g/mol. The number of nitrogens with one attached hydrogen (secondary N) is 2. The fourth-order valence-corrected chi connectivity index (χ4v) is 4.51. The summed E-state index contributed by atoms with van der Waals surface area (Å²) < 4.78 is 45.5. The molecule has 34 heavy (non-hydrogen) atoms. The lowest BCUT2D eigenvalue weighted by Gasteiger charge is -2.36. The predicted octanol–water partition coefficient (Wildman–Crippen LogP) is 1.88. The number of rotatable bonds is 4. The van der Waals surface area contributed by atoms with Crippen LogP contribution in [0.15, 0.2) is 18.3 Å². The van der Waals surface area contributed by atoms with Crippen molar-refractivity contribution in [3.63, 3.8) is 0 Å². The predicted molar refractivity (Wildman–Crippen MR) is 117 cm³/mol. The van der Waals surface area contributed by atoms with Gasteiger partial charge in [0.2, 0.25) is 17.8 Å². The Hall–Kier alpha value is -3.67. The second-order valence-electron chi connectivity index (χ2n) is 8.40. The molecule has 12 heteroatoms. The van der Waals surface area contributed by atoms with E-state index >= 15 is 4.39 Å². The maximum atomic E-state index is 15.3. The van der Waals surface area contributed by atoms with Gasteiger partial charge < -0.3 is 15.5 Å². The number of amides is 2. The van der Waals surface area contributed by atoms with E-state index in [0.717, 1.165) is 0 Å². The third-order valence-corrected chi connectivity index (χ3v) is 6.39. The Kier molecular flexibility index (Phi) is 5.39. The molecule has 5 heterocycles. The van der Waals surface area contributed by atoms with Crippen LogP contribution in [0.3, 0.4) is 0 Å². The Morgan fingerprint density at radius 1 is 1.18 bits per heavy atom. The van der Waals surface area contributed by atoms with Crippen molar-refractivity contribution < 1.29 is 22.8 Å². The average Bonchev–Trinajstić information content (AvgIpc) is 3.16. The third-order valence-electron chi connectivity index (χ3n) is 6.39. The molecule has 0 saturated carbocycles. The fourth-order valence-electron chi connectivity index (χ4n) is 4.51. The van der Waals surface area contributed by atoms with Crippen LogP contribution < -0.4 is 15.5 Å². The molecule has 0 aliphatic carbocycles. The van der Waals surface area contributed by atoms with Crippen molar-refractivity contribution in [1.29, 1.82) is 0 Å². The molecule has 1 saturated heterocycles. The minimum atomic E-state index is -0.785. The van der Waals surface area contributed by atoms with E-state index < -0.39 is 35.4 Å². The number of nitrogens with zero attached hydrogens (tertiary/aromatic N) is 5. The minimum Gasteiger partial charge on any atom is -0.365 e. The van der Waals surface area contributed by atoms with Gasteiger partial charge in [0.25, 0.3) is 5.91 Å². The van der Waals surface area contributed by atoms with E-state index in [4.69, 9.17) is 0 Å². The maximum absolute atomic E-state index is 15.3. The Balaban J connectivity index is 1.33. The van der Waals surface area contributed by atoms with Crippen LogP contribution in [0.25, 0.3) is 5.52 Å². The minimum absolute atomic E-state index is 0.00286. The highest BCUT2D eigenvalue weighted by Gasteiger charge is 2.34. The molecule has 2 amide bonds. The Labute approximate surface area is 192 Å². The summed E-state index contributed by atoms with van der Waals surface area (Å²) in [5.74, 6) is -3.84. The first-order chi connectivity index (χ1) is 16.3. The van der Waals surface area contributed by atoms with Gasteiger partial charge in [-0.3, -0.25) is 14.5 Å². The molecule has 3 aromatic rings. The molecule has 2 aliphatic rings. The van der Waals surface area contributed by atoms with E-state index in [1.165, 1.54) is 29.9 Å². The third kappa shape index (κ3) is 3.54. The normalized spacial score (nSPS) is 18.3. The van der Waals surface area contributed by atoms with Crippen LogP contribution in [-0.2, 0) is 11.3 Å². The summed E-state index contributed by atoms with van der Waals surface area (Å²) in [4.78, 5) is 31.4. The van der Waals surface area contributed by atoms with Crippen molar-refractivity contribution in [3.05, 3.63) is 52.9 Å². The molecule has 9 nitrogen and oxygen atoms in total. The second kappa shape index (κ2) is 8.28. The zero-order chi connectivity index (χ0) is 24.1. The van der Waals surface area contributed by atoms with E-state index in [9.17, 15) is 18.4 Å². The second-order valence-corrected chi connectivity index (χ2v) is 8.40. The number of pyridine rings is 2. The van der Waals surface area contributed by atoms with Gasteiger partial charge in [-0.15, -0.1) is 5.10 Å². The van der Waals surface area contributed by atoms with Gasteiger partial charge in [-0.25, -0.2) is 13.9 Å². The number of carbonyl (C=O) groups excluding carboxylic acids is 2. The molecule has 0 radical (unpaired) electrons. The largest absolute Gasteiger partial charge is 0.365 e. The smallest absolute Gasteiger partial charge is 0.269 e. The summed E-state index contributed by atoms with van der Waals surface area (Å²) in [7, 11) is 1.45. The highest BCUT2D eigenvalue weighted by Crippen LogP contribution is 2.37. The van der Waals surface area contributed by atoms with Crippen molar-refractivity contribution in [2.75, 3.05) is 43.4 Å². The van der Waals surface area contributed by atoms with Crippen LogP contribution in [0.4, 0.5) is 24.5 Å². The van der Waals surface area contributed by atoms with E-state index in [2.05, 4.69) is 20.7 Å². The molecule has 2 aliphatic heterocycles. The van der Waals surface area contributed by atoms with E-state index in [0.29, 0.717) is 31.9 Å². The maximum Gasteiger partial charge on any atom is 0.269 e. The van der Waals surface area contributed by atoms with Gasteiger partial charge in [0, 0.05) is 57.1 Å². The average molecular weight is 473 g/mol. The van der Waals surface area contributed by atoms with Crippen LogP contribution in [0.5, 0.6) is 0 Å². The Morgan fingerprint density at radius 3 is 2.59 bits per heavy atom. The lowest BCUT2D eigenvalue weighted by atomic mass is 9.96. The van der Waals surface area contributed by atoms with Gasteiger partial charge in [0.05, 0.1) is 17.1 Å². The molecule has 178 valence electrons. The van der Waals surface area contributed by atoms with Gasteiger partial charge in [0.15, 0.2) is 5.82 Å². The zero-order valence-electron chi connectivity index (χ0n) is 18.5. The number of hydrogen-bond acceptors (Lipinski definition) is 6. The standard InChI is InChI=1S/C22H22F3N7O2/c1-11-15-18-17(28-21(11)33)16(23)12(10-32(18)29-20(15)25)9-30-5-7-31(8-6-30)14-4-3-13(22(34)26-2)27-19(14)24/h3-4,10-11H,5-9H2,1-2H3,(H,26,34)(H,28,33)/t11-/m1/s1. The summed E-state index contributed by atoms with van der Waals surface area (Å²) in [6.07, 6.45) is 1.44. The molecular weight excluding hydrogens is 451 g/mol. The van der Waals surface area contributed by atoms with Gasteiger partial charge >= 0.3 is 0 Å². The first-order valence-electron chi connectivity index (χ1n) is 10.8. The number of hydrogen-bond donors (Lipinski definition) is 2. The van der Waals surface area contributed by atoms with Gasteiger partial charge in [-0.05, 0) is 19.1 Å². The molecule has 1 atom stereocenters. The number of piperazine rings is 1. The number of aromatic nitrogens is 3.